The molecule has 382 valence electrons. The number of aliphatic hydroxyl groups excluding tert-OH is 5. The number of hydrogen-bond acceptors (Lipinski definition) is 11. The number of carbonyl (C=O) groups is 1. The lowest BCUT2D eigenvalue weighted by atomic mass is 9.85. The Morgan fingerprint density at radius 2 is 0.894 bits per heavy atom. The first-order chi connectivity index (χ1) is 32.0. The number of carbonyl (C=O) groups excluding carboxylic acids is 1. The van der Waals surface area contributed by atoms with Gasteiger partial charge in [-0.15, -0.1) is 0 Å². The van der Waals surface area contributed by atoms with Crippen molar-refractivity contribution in [3.05, 3.63) is 72.9 Å². The van der Waals surface area contributed by atoms with E-state index < -0.39 is 63.1 Å². The topological polar surface area (TPSA) is 192 Å². The summed E-state index contributed by atoms with van der Waals surface area (Å²) in [4.78, 5) is 23.2. The van der Waals surface area contributed by atoms with Gasteiger partial charge in [0.15, 0.2) is 0 Å². The highest BCUT2D eigenvalue weighted by atomic mass is 31.2. The van der Waals surface area contributed by atoms with Crippen molar-refractivity contribution in [2.75, 3.05) is 19.8 Å². The minimum Gasteiger partial charge on any atom is -0.457 e. The zero-order valence-corrected chi connectivity index (χ0v) is 41.9. The van der Waals surface area contributed by atoms with Crippen LogP contribution < -0.4 is 0 Å². The molecule has 12 nitrogen and oxygen atoms in total. The number of esters is 1. The molecule has 0 heterocycles. The van der Waals surface area contributed by atoms with Crippen LogP contribution >= 0.6 is 7.82 Å². The van der Waals surface area contributed by atoms with Gasteiger partial charge in [-0.05, 0) is 64.2 Å². The predicted molar refractivity (Wildman–Crippen MR) is 267 cm³/mol. The molecule has 0 aliphatic heterocycles. The standard InChI is InChI=1S/C53H93O12P/c1-3-5-7-9-11-13-15-17-19-21-22-23-24-25-26-27-28-30-32-34-36-38-40-42-47(54)64-46(45-63-66(60,61)65-53-51(58)49(56)48(55)50(57)52(53)59)44-62-43-41-39-37-35-33-31-29-20-18-16-14-12-10-8-6-4-2/h5,7,11,13,17,19,22-23,25-26,28,30,46,48-53,55-59H,3-4,6,8-10,12,14-16,18,20-21,24,27,29,31-45H2,1-2H3,(H,60,61)/b7-5-,13-11-,19-17-,23-22-,26-25-,30-28-. The molecule has 6 atom stereocenters. The summed E-state index contributed by atoms with van der Waals surface area (Å²) in [5, 5.41) is 50.3. The van der Waals surface area contributed by atoms with Gasteiger partial charge in [0.25, 0.3) is 0 Å². The Hall–Kier alpha value is -2.22. The molecule has 1 rings (SSSR count). The van der Waals surface area contributed by atoms with Crippen molar-refractivity contribution < 1.29 is 58.3 Å². The van der Waals surface area contributed by atoms with Crippen molar-refractivity contribution >= 4 is 13.8 Å². The molecule has 0 aromatic heterocycles. The molecular weight excluding hydrogens is 860 g/mol. The van der Waals surface area contributed by atoms with E-state index in [9.17, 15) is 39.8 Å². The lowest BCUT2D eigenvalue weighted by Gasteiger charge is -2.41. The second-order valence-electron chi connectivity index (χ2n) is 17.6. The quantitative estimate of drug-likeness (QED) is 0.0147. The van der Waals surface area contributed by atoms with E-state index in [-0.39, 0.29) is 13.0 Å². The molecule has 66 heavy (non-hydrogen) atoms. The smallest absolute Gasteiger partial charge is 0.457 e. The molecule has 0 bridgehead atoms. The molecule has 6 N–H and O–H groups in total. The van der Waals surface area contributed by atoms with Crippen molar-refractivity contribution in [1.29, 1.82) is 0 Å². The Morgan fingerprint density at radius 3 is 1.36 bits per heavy atom. The number of aliphatic hydroxyl groups is 5. The number of hydrogen-bond donors (Lipinski definition) is 6. The molecule has 1 saturated carbocycles. The fraction of sp³-hybridized carbons (Fsp3) is 0.755. The Bertz CT molecular complexity index is 1360. The lowest BCUT2D eigenvalue weighted by molar-refractivity contribution is -0.220. The van der Waals surface area contributed by atoms with Crippen molar-refractivity contribution in [3.8, 4) is 0 Å². The summed E-state index contributed by atoms with van der Waals surface area (Å²) in [7, 11) is -5.03. The molecule has 1 aliphatic carbocycles. The SMILES string of the molecule is CC/C=C\C/C=C\C/C=C\C/C=C\C/C=C\C/C=C\CCCCCCC(=O)OC(COCCCCCCCCCCCCCCCCCC)COP(=O)(O)OC1C(O)C(O)C(O)C(O)C1O. The molecule has 1 aliphatic rings. The molecule has 13 heteroatoms. The number of rotatable bonds is 43. The van der Waals surface area contributed by atoms with Crippen LogP contribution in [0, 0.1) is 0 Å². The first-order valence-corrected chi connectivity index (χ1v) is 27.3. The van der Waals surface area contributed by atoms with Crippen LogP contribution in [-0.4, -0.2) is 98.9 Å². The van der Waals surface area contributed by atoms with Crippen LogP contribution in [0.15, 0.2) is 72.9 Å². The molecule has 0 amide bonds. The zero-order valence-electron chi connectivity index (χ0n) is 41.0. The average molecular weight is 953 g/mol. The summed E-state index contributed by atoms with van der Waals surface area (Å²) in [6.07, 6.45) is 43.9. The van der Waals surface area contributed by atoms with Gasteiger partial charge < -0.3 is 39.9 Å². The van der Waals surface area contributed by atoms with E-state index in [1.54, 1.807) is 0 Å². The second kappa shape index (κ2) is 42.8. The van der Waals surface area contributed by atoms with E-state index in [1.165, 1.54) is 83.5 Å². The Balaban J connectivity index is 2.37. The number of phosphoric acid groups is 1. The van der Waals surface area contributed by atoms with Crippen LogP contribution in [0.1, 0.15) is 194 Å². The van der Waals surface area contributed by atoms with Crippen LogP contribution in [0.5, 0.6) is 0 Å². The van der Waals surface area contributed by atoms with Gasteiger partial charge in [-0.3, -0.25) is 13.8 Å². The van der Waals surface area contributed by atoms with E-state index in [0.29, 0.717) is 13.0 Å². The number of phosphoric ester groups is 1. The summed E-state index contributed by atoms with van der Waals surface area (Å²) < 4.78 is 34.3. The normalized spacial score (nSPS) is 22.0. The van der Waals surface area contributed by atoms with Crippen molar-refractivity contribution in [1.82, 2.24) is 0 Å². The molecular formula is C53H93O12P. The Kier molecular flexibility index (Phi) is 40.1. The summed E-state index contributed by atoms with van der Waals surface area (Å²) in [6.45, 7) is 4.13. The van der Waals surface area contributed by atoms with Gasteiger partial charge in [-0.1, -0.05) is 196 Å². The first kappa shape index (κ1) is 61.8. The van der Waals surface area contributed by atoms with Gasteiger partial charge in [0.1, 0.15) is 42.7 Å². The van der Waals surface area contributed by atoms with Crippen molar-refractivity contribution in [2.45, 2.75) is 236 Å². The number of ether oxygens (including phenoxy) is 2. The zero-order chi connectivity index (χ0) is 48.4. The molecule has 0 aromatic rings. The second-order valence-corrected chi connectivity index (χ2v) is 19.1. The summed E-state index contributed by atoms with van der Waals surface area (Å²) in [6, 6.07) is 0. The fourth-order valence-corrected chi connectivity index (χ4v) is 8.51. The molecule has 0 radical (unpaired) electrons. The van der Waals surface area contributed by atoms with E-state index >= 15 is 0 Å². The first-order valence-electron chi connectivity index (χ1n) is 25.8. The van der Waals surface area contributed by atoms with E-state index in [0.717, 1.165) is 83.5 Å². The maximum Gasteiger partial charge on any atom is 0.472 e. The third kappa shape index (κ3) is 34.1. The molecule has 0 aromatic carbocycles. The third-order valence-corrected chi connectivity index (χ3v) is 12.6. The Morgan fingerprint density at radius 1 is 0.500 bits per heavy atom. The van der Waals surface area contributed by atoms with Gasteiger partial charge in [-0.25, -0.2) is 4.57 Å². The van der Waals surface area contributed by atoms with Gasteiger partial charge in [-0.2, -0.15) is 0 Å². The van der Waals surface area contributed by atoms with Crippen LogP contribution in [0.4, 0.5) is 0 Å². The third-order valence-electron chi connectivity index (χ3n) is 11.6. The Labute approximate surface area is 400 Å². The van der Waals surface area contributed by atoms with E-state index in [1.807, 2.05) is 0 Å². The highest BCUT2D eigenvalue weighted by Crippen LogP contribution is 2.47. The number of allylic oxidation sites excluding steroid dienone is 12. The monoisotopic (exact) mass is 953 g/mol. The van der Waals surface area contributed by atoms with Crippen LogP contribution in [0.2, 0.25) is 0 Å². The van der Waals surface area contributed by atoms with Crippen LogP contribution in [0.3, 0.4) is 0 Å². The van der Waals surface area contributed by atoms with E-state index in [4.69, 9.17) is 18.5 Å². The fourth-order valence-electron chi connectivity index (χ4n) is 7.54. The molecule has 0 spiro atoms. The van der Waals surface area contributed by atoms with Crippen LogP contribution in [-0.2, 0) is 27.9 Å². The van der Waals surface area contributed by atoms with Gasteiger partial charge in [0, 0.05) is 13.0 Å². The maximum absolute atomic E-state index is 12.9. The van der Waals surface area contributed by atoms with Crippen molar-refractivity contribution in [3.63, 3.8) is 0 Å². The van der Waals surface area contributed by atoms with Crippen molar-refractivity contribution in [2.24, 2.45) is 0 Å². The van der Waals surface area contributed by atoms with Gasteiger partial charge in [0.05, 0.1) is 13.2 Å². The molecule has 0 saturated heterocycles. The highest BCUT2D eigenvalue weighted by molar-refractivity contribution is 7.47. The molecule has 1 fully saturated rings. The summed E-state index contributed by atoms with van der Waals surface area (Å²) in [5.41, 5.74) is 0. The maximum atomic E-state index is 12.9. The minimum atomic E-state index is -5.03. The number of unbranched alkanes of at least 4 members (excludes halogenated alkanes) is 19. The predicted octanol–water partition coefficient (Wildman–Crippen LogP) is 11.5. The van der Waals surface area contributed by atoms with E-state index in [2.05, 4.69) is 86.8 Å². The summed E-state index contributed by atoms with van der Waals surface area (Å²) in [5.74, 6) is -0.501. The largest absolute Gasteiger partial charge is 0.472 e. The van der Waals surface area contributed by atoms with Crippen LogP contribution in [0.25, 0.3) is 0 Å². The average Bonchev–Trinajstić information content (AvgIpc) is 3.30. The molecule has 6 unspecified atom stereocenters. The van der Waals surface area contributed by atoms with Gasteiger partial charge in [0.2, 0.25) is 0 Å². The lowest BCUT2D eigenvalue weighted by Crippen LogP contribution is -2.64. The minimum absolute atomic E-state index is 0.0886. The van der Waals surface area contributed by atoms with Gasteiger partial charge >= 0.3 is 13.8 Å². The highest BCUT2D eigenvalue weighted by Gasteiger charge is 2.51. The summed E-state index contributed by atoms with van der Waals surface area (Å²) >= 11 is 0.